The van der Waals surface area contributed by atoms with Crippen molar-refractivity contribution in [3.8, 4) is 0 Å². The summed E-state index contributed by atoms with van der Waals surface area (Å²) in [5, 5.41) is 6.98. The molecule has 3 heteroatoms. The van der Waals surface area contributed by atoms with Crippen LogP contribution in [0.15, 0.2) is 35.7 Å². The van der Waals surface area contributed by atoms with E-state index in [1.54, 1.807) is 11.3 Å². The Bertz CT molecular complexity index is 520. The molecule has 1 saturated carbocycles. The minimum absolute atomic E-state index is 0.355. The van der Waals surface area contributed by atoms with Gasteiger partial charge in [0, 0.05) is 23.4 Å². The van der Waals surface area contributed by atoms with Crippen LogP contribution in [0.1, 0.15) is 41.6 Å². The molecule has 0 radical (unpaired) electrons. The van der Waals surface area contributed by atoms with E-state index in [1.807, 2.05) is 0 Å². The normalized spacial score (nSPS) is 23.9. The number of aromatic nitrogens is 1. The highest BCUT2D eigenvalue weighted by atomic mass is 32.1. The van der Waals surface area contributed by atoms with Gasteiger partial charge >= 0.3 is 0 Å². The van der Waals surface area contributed by atoms with Crippen LogP contribution < -0.4 is 5.32 Å². The molecule has 1 N–H and O–H groups in total. The SMILES string of the molecule is Cc1nc(C(C)NC2CC2c2ccccc2)cs1. The summed E-state index contributed by atoms with van der Waals surface area (Å²) in [6, 6.07) is 11.7. The smallest absolute Gasteiger partial charge is 0.0898 e. The first kappa shape index (κ1) is 11.9. The standard InChI is InChI=1S/C15H18N2S/c1-10(15-9-18-11(2)17-15)16-14-8-13(14)12-6-4-3-5-7-12/h3-7,9-10,13-14,16H,8H2,1-2H3. The number of hydrogen-bond donors (Lipinski definition) is 1. The molecule has 0 bridgehead atoms. The van der Waals surface area contributed by atoms with Crippen LogP contribution >= 0.6 is 11.3 Å². The van der Waals surface area contributed by atoms with Gasteiger partial charge in [-0.3, -0.25) is 0 Å². The van der Waals surface area contributed by atoms with Gasteiger partial charge in [0.25, 0.3) is 0 Å². The average Bonchev–Trinajstić information content (AvgIpc) is 3.01. The van der Waals surface area contributed by atoms with Crippen LogP contribution in [0.5, 0.6) is 0 Å². The first-order valence-corrected chi connectivity index (χ1v) is 7.35. The summed E-state index contributed by atoms with van der Waals surface area (Å²) < 4.78 is 0. The fourth-order valence-corrected chi connectivity index (χ4v) is 3.14. The summed E-state index contributed by atoms with van der Waals surface area (Å²) in [6.45, 7) is 4.26. The van der Waals surface area contributed by atoms with Crippen molar-refractivity contribution in [3.63, 3.8) is 0 Å². The second-order valence-corrected chi connectivity index (χ2v) is 6.10. The van der Waals surface area contributed by atoms with Crippen LogP contribution in [0, 0.1) is 6.92 Å². The van der Waals surface area contributed by atoms with Gasteiger partial charge in [-0.1, -0.05) is 30.3 Å². The number of rotatable bonds is 4. The third-order valence-corrected chi connectivity index (χ3v) is 4.35. The summed E-state index contributed by atoms with van der Waals surface area (Å²) >= 11 is 1.73. The molecular weight excluding hydrogens is 240 g/mol. The van der Waals surface area contributed by atoms with Gasteiger partial charge in [0.05, 0.1) is 10.7 Å². The predicted octanol–water partition coefficient (Wildman–Crippen LogP) is 3.66. The molecule has 0 aliphatic heterocycles. The lowest BCUT2D eigenvalue weighted by Crippen LogP contribution is -2.22. The molecule has 94 valence electrons. The number of nitrogens with one attached hydrogen (secondary N) is 1. The Morgan fingerprint density at radius 1 is 1.33 bits per heavy atom. The highest BCUT2D eigenvalue weighted by Gasteiger charge is 2.38. The third kappa shape index (κ3) is 2.47. The van der Waals surface area contributed by atoms with Crippen molar-refractivity contribution < 1.29 is 0 Å². The van der Waals surface area contributed by atoms with Crippen LogP contribution in [0.25, 0.3) is 0 Å². The summed E-state index contributed by atoms with van der Waals surface area (Å²) in [5.41, 5.74) is 2.63. The molecule has 1 fully saturated rings. The van der Waals surface area contributed by atoms with Gasteiger partial charge in [0.15, 0.2) is 0 Å². The van der Waals surface area contributed by atoms with E-state index in [0.29, 0.717) is 18.0 Å². The van der Waals surface area contributed by atoms with E-state index in [2.05, 4.69) is 59.9 Å². The number of benzene rings is 1. The van der Waals surface area contributed by atoms with E-state index in [1.165, 1.54) is 17.7 Å². The Morgan fingerprint density at radius 2 is 2.11 bits per heavy atom. The Kier molecular flexibility index (Phi) is 3.18. The van der Waals surface area contributed by atoms with E-state index >= 15 is 0 Å². The van der Waals surface area contributed by atoms with Crippen molar-refractivity contribution in [2.24, 2.45) is 0 Å². The lowest BCUT2D eigenvalue weighted by Gasteiger charge is -2.11. The fourth-order valence-electron chi connectivity index (χ4n) is 2.43. The molecule has 0 spiro atoms. The lowest BCUT2D eigenvalue weighted by molar-refractivity contribution is 0.552. The molecule has 2 aromatic rings. The quantitative estimate of drug-likeness (QED) is 0.905. The van der Waals surface area contributed by atoms with Crippen LogP contribution in [0.3, 0.4) is 0 Å². The zero-order valence-corrected chi connectivity index (χ0v) is 11.6. The van der Waals surface area contributed by atoms with E-state index in [0.717, 1.165) is 5.01 Å². The molecule has 1 aromatic heterocycles. The van der Waals surface area contributed by atoms with Crippen molar-refractivity contribution in [1.82, 2.24) is 10.3 Å². The molecule has 3 rings (SSSR count). The van der Waals surface area contributed by atoms with Gasteiger partial charge in [-0.05, 0) is 25.8 Å². The molecule has 18 heavy (non-hydrogen) atoms. The maximum Gasteiger partial charge on any atom is 0.0898 e. The summed E-state index contributed by atoms with van der Waals surface area (Å²) in [5.74, 6) is 0.688. The average molecular weight is 258 g/mol. The minimum atomic E-state index is 0.355. The summed E-state index contributed by atoms with van der Waals surface area (Å²) in [6.07, 6.45) is 1.25. The largest absolute Gasteiger partial charge is 0.305 e. The van der Waals surface area contributed by atoms with Gasteiger partial charge in [0.1, 0.15) is 0 Å². The predicted molar refractivity (Wildman–Crippen MR) is 76.0 cm³/mol. The number of aryl methyl sites for hydroxylation is 1. The van der Waals surface area contributed by atoms with Crippen molar-refractivity contribution in [3.05, 3.63) is 52.0 Å². The molecule has 2 nitrogen and oxygen atoms in total. The van der Waals surface area contributed by atoms with Crippen LogP contribution in [-0.4, -0.2) is 11.0 Å². The molecule has 0 amide bonds. The highest BCUT2D eigenvalue weighted by Crippen LogP contribution is 2.41. The molecule has 1 aliphatic rings. The van der Waals surface area contributed by atoms with Gasteiger partial charge in [-0.25, -0.2) is 4.98 Å². The molecule has 3 atom stereocenters. The maximum atomic E-state index is 4.55. The van der Waals surface area contributed by atoms with Crippen molar-refractivity contribution in [2.75, 3.05) is 0 Å². The van der Waals surface area contributed by atoms with E-state index in [4.69, 9.17) is 0 Å². The molecule has 1 aliphatic carbocycles. The summed E-state index contributed by atoms with van der Waals surface area (Å²) in [7, 11) is 0. The molecular formula is C15H18N2S. The van der Waals surface area contributed by atoms with Gasteiger partial charge in [-0.2, -0.15) is 0 Å². The zero-order chi connectivity index (χ0) is 12.5. The topological polar surface area (TPSA) is 24.9 Å². The number of thiazole rings is 1. The monoisotopic (exact) mass is 258 g/mol. The second kappa shape index (κ2) is 4.82. The Balaban J connectivity index is 1.60. The zero-order valence-electron chi connectivity index (χ0n) is 10.8. The Labute approximate surface area is 112 Å². The summed E-state index contributed by atoms with van der Waals surface area (Å²) in [4.78, 5) is 4.55. The molecule has 1 aromatic carbocycles. The first-order valence-electron chi connectivity index (χ1n) is 6.47. The maximum absolute atomic E-state index is 4.55. The van der Waals surface area contributed by atoms with Crippen molar-refractivity contribution >= 4 is 11.3 Å². The van der Waals surface area contributed by atoms with Crippen molar-refractivity contribution in [1.29, 1.82) is 0 Å². The van der Waals surface area contributed by atoms with Crippen LogP contribution in [-0.2, 0) is 0 Å². The third-order valence-electron chi connectivity index (χ3n) is 3.56. The molecule has 0 saturated heterocycles. The minimum Gasteiger partial charge on any atom is -0.305 e. The number of nitrogens with zero attached hydrogens (tertiary/aromatic N) is 1. The Morgan fingerprint density at radius 3 is 2.78 bits per heavy atom. The number of hydrogen-bond acceptors (Lipinski definition) is 3. The van der Waals surface area contributed by atoms with E-state index in [-0.39, 0.29) is 0 Å². The van der Waals surface area contributed by atoms with Gasteiger partial charge in [-0.15, -0.1) is 11.3 Å². The molecule has 3 unspecified atom stereocenters. The van der Waals surface area contributed by atoms with E-state index < -0.39 is 0 Å². The second-order valence-electron chi connectivity index (χ2n) is 5.04. The van der Waals surface area contributed by atoms with E-state index in [9.17, 15) is 0 Å². The lowest BCUT2D eigenvalue weighted by atomic mass is 10.1. The Hall–Kier alpha value is -1.19. The molecule has 1 heterocycles. The van der Waals surface area contributed by atoms with Crippen molar-refractivity contribution in [2.45, 2.75) is 38.3 Å². The highest BCUT2D eigenvalue weighted by molar-refractivity contribution is 7.09. The van der Waals surface area contributed by atoms with Crippen LogP contribution in [0.2, 0.25) is 0 Å². The van der Waals surface area contributed by atoms with Gasteiger partial charge in [0.2, 0.25) is 0 Å². The first-order chi connectivity index (χ1) is 8.74. The fraction of sp³-hybridized carbons (Fsp3) is 0.400. The van der Waals surface area contributed by atoms with Crippen LogP contribution in [0.4, 0.5) is 0 Å². The van der Waals surface area contributed by atoms with Gasteiger partial charge < -0.3 is 5.32 Å².